The first kappa shape index (κ1) is 17.5. The minimum Gasteiger partial charge on any atom is -0.493 e. The summed E-state index contributed by atoms with van der Waals surface area (Å²) in [6.45, 7) is 2.02. The maximum atomic E-state index is 12.5. The number of methoxy groups -OCH3 is 2. The molecule has 2 aromatic carbocycles. The average molecular weight is 353 g/mol. The van der Waals surface area contributed by atoms with Gasteiger partial charge >= 0.3 is 6.01 Å². The van der Waals surface area contributed by atoms with E-state index in [1.54, 1.807) is 18.2 Å². The fourth-order valence-corrected chi connectivity index (χ4v) is 2.49. The molecule has 7 heteroatoms. The second-order valence-electron chi connectivity index (χ2n) is 5.66. The molecule has 0 saturated carbocycles. The Hall–Kier alpha value is -3.35. The third-order valence-electron chi connectivity index (χ3n) is 3.81. The van der Waals surface area contributed by atoms with E-state index in [0.29, 0.717) is 29.4 Å². The zero-order chi connectivity index (χ0) is 18.5. The quantitative estimate of drug-likeness (QED) is 0.732. The monoisotopic (exact) mass is 353 g/mol. The van der Waals surface area contributed by atoms with Crippen LogP contribution in [0.3, 0.4) is 0 Å². The number of aryl methyl sites for hydroxylation is 1. The lowest BCUT2D eigenvalue weighted by Gasteiger charge is -2.11. The Bertz CT molecular complexity index is 903. The normalized spacial score (nSPS) is 10.4. The number of para-hydroxylation sites is 1. The van der Waals surface area contributed by atoms with E-state index in [4.69, 9.17) is 13.9 Å². The Morgan fingerprint density at radius 1 is 1.08 bits per heavy atom. The van der Waals surface area contributed by atoms with Gasteiger partial charge in [0, 0.05) is 0 Å². The minimum absolute atomic E-state index is 0.0296. The Balaban J connectivity index is 1.73. The second-order valence-corrected chi connectivity index (χ2v) is 5.66. The number of anilines is 1. The highest BCUT2D eigenvalue weighted by Gasteiger charge is 2.18. The van der Waals surface area contributed by atoms with Gasteiger partial charge in [0.15, 0.2) is 11.5 Å². The summed E-state index contributed by atoms with van der Waals surface area (Å²) < 4.78 is 16.0. The molecule has 7 nitrogen and oxygen atoms in total. The maximum Gasteiger partial charge on any atom is 0.322 e. The standard InChI is InChI=1S/C19H19N3O4/c1-12-7-9-13(10-8-12)11-16-21-22-19(26-16)20-18(23)14-5-4-6-15(24-2)17(14)25-3/h4-10H,11H2,1-3H3,(H,20,22,23). The van der Waals surface area contributed by atoms with Gasteiger partial charge in [-0.2, -0.15) is 0 Å². The predicted octanol–water partition coefficient (Wildman–Crippen LogP) is 3.24. The Labute approximate surface area is 151 Å². The van der Waals surface area contributed by atoms with Gasteiger partial charge < -0.3 is 13.9 Å². The second kappa shape index (κ2) is 7.69. The van der Waals surface area contributed by atoms with Crippen molar-refractivity contribution in [1.82, 2.24) is 10.2 Å². The van der Waals surface area contributed by atoms with E-state index < -0.39 is 5.91 Å². The van der Waals surface area contributed by atoms with E-state index >= 15 is 0 Å². The molecule has 0 radical (unpaired) electrons. The number of rotatable bonds is 6. The summed E-state index contributed by atoms with van der Waals surface area (Å²) in [4.78, 5) is 12.5. The van der Waals surface area contributed by atoms with Gasteiger partial charge in [0.05, 0.1) is 26.2 Å². The van der Waals surface area contributed by atoms with Crippen LogP contribution in [0.4, 0.5) is 6.01 Å². The summed E-state index contributed by atoms with van der Waals surface area (Å²) in [5, 5.41) is 10.4. The van der Waals surface area contributed by atoms with Gasteiger partial charge in [-0.3, -0.25) is 10.1 Å². The van der Waals surface area contributed by atoms with Gasteiger partial charge in [0.1, 0.15) is 0 Å². The lowest BCUT2D eigenvalue weighted by atomic mass is 10.1. The molecular weight excluding hydrogens is 334 g/mol. The lowest BCUT2D eigenvalue weighted by Crippen LogP contribution is -2.13. The summed E-state index contributed by atoms with van der Waals surface area (Å²) in [5.41, 5.74) is 2.54. The van der Waals surface area contributed by atoms with Crippen molar-refractivity contribution >= 4 is 11.9 Å². The highest BCUT2D eigenvalue weighted by Crippen LogP contribution is 2.31. The number of carbonyl (C=O) groups is 1. The van der Waals surface area contributed by atoms with Crippen molar-refractivity contribution < 1.29 is 18.7 Å². The van der Waals surface area contributed by atoms with Crippen molar-refractivity contribution in [3.05, 3.63) is 65.0 Å². The summed E-state index contributed by atoms with van der Waals surface area (Å²) in [6.07, 6.45) is 0.492. The number of amides is 1. The summed E-state index contributed by atoms with van der Waals surface area (Å²) in [5.74, 6) is 0.797. The molecule has 0 aliphatic rings. The van der Waals surface area contributed by atoms with Gasteiger partial charge in [-0.15, -0.1) is 5.10 Å². The fourth-order valence-electron chi connectivity index (χ4n) is 2.49. The van der Waals surface area contributed by atoms with Crippen LogP contribution in [-0.4, -0.2) is 30.3 Å². The predicted molar refractivity (Wildman–Crippen MR) is 95.8 cm³/mol. The van der Waals surface area contributed by atoms with E-state index in [2.05, 4.69) is 15.5 Å². The van der Waals surface area contributed by atoms with Gasteiger partial charge in [-0.25, -0.2) is 0 Å². The largest absolute Gasteiger partial charge is 0.493 e. The number of nitrogens with one attached hydrogen (secondary N) is 1. The molecule has 0 saturated heterocycles. The van der Waals surface area contributed by atoms with Crippen molar-refractivity contribution in [2.75, 3.05) is 19.5 Å². The molecule has 1 amide bonds. The van der Waals surface area contributed by atoms with Gasteiger partial charge in [0.2, 0.25) is 5.89 Å². The molecule has 0 fully saturated rings. The molecule has 0 spiro atoms. The van der Waals surface area contributed by atoms with E-state index in [0.717, 1.165) is 5.56 Å². The van der Waals surface area contributed by atoms with Crippen LogP contribution in [0, 0.1) is 6.92 Å². The molecule has 0 aliphatic carbocycles. The topological polar surface area (TPSA) is 86.5 Å². The highest BCUT2D eigenvalue weighted by molar-refractivity contribution is 6.05. The zero-order valence-corrected chi connectivity index (χ0v) is 14.8. The Morgan fingerprint density at radius 2 is 1.85 bits per heavy atom. The molecular formula is C19H19N3O4. The number of ether oxygens (including phenoxy) is 2. The first-order valence-electron chi connectivity index (χ1n) is 8.01. The van der Waals surface area contributed by atoms with Crippen LogP contribution in [0.15, 0.2) is 46.9 Å². The molecule has 3 rings (SSSR count). The van der Waals surface area contributed by atoms with E-state index in [1.807, 2.05) is 31.2 Å². The molecule has 0 atom stereocenters. The van der Waals surface area contributed by atoms with Crippen molar-refractivity contribution in [1.29, 1.82) is 0 Å². The Kier molecular flexibility index (Phi) is 5.17. The summed E-state index contributed by atoms with van der Waals surface area (Å²) in [7, 11) is 2.98. The summed E-state index contributed by atoms with van der Waals surface area (Å²) in [6, 6.07) is 13.1. The van der Waals surface area contributed by atoms with Crippen molar-refractivity contribution in [2.45, 2.75) is 13.3 Å². The molecule has 1 heterocycles. The van der Waals surface area contributed by atoms with Crippen molar-refractivity contribution in [3.63, 3.8) is 0 Å². The van der Waals surface area contributed by atoms with E-state index in [1.165, 1.54) is 19.8 Å². The molecule has 1 aromatic heterocycles. The molecule has 26 heavy (non-hydrogen) atoms. The SMILES string of the molecule is COc1cccc(C(=O)Nc2nnc(Cc3ccc(C)cc3)o2)c1OC. The van der Waals surface area contributed by atoms with Crippen LogP contribution < -0.4 is 14.8 Å². The number of hydrogen-bond acceptors (Lipinski definition) is 6. The summed E-state index contributed by atoms with van der Waals surface area (Å²) >= 11 is 0. The van der Waals surface area contributed by atoms with E-state index in [-0.39, 0.29) is 6.01 Å². The number of benzene rings is 2. The van der Waals surface area contributed by atoms with Crippen molar-refractivity contribution in [2.24, 2.45) is 0 Å². The maximum absolute atomic E-state index is 12.5. The third-order valence-corrected chi connectivity index (χ3v) is 3.81. The highest BCUT2D eigenvalue weighted by atomic mass is 16.5. The van der Waals surface area contributed by atoms with Gasteiger partial charge in [0.25, 0.3) is 5.91 Å². The molecule has 0 unspecified atom stereocenters. The molecule has 134 valence electrons. The lowest BCUT2D eigenvalue weighted by molar-refractivity contribution is 0.102. The number of aromatic nitrogens is 2. The molecule has 0 bridgehead atoms. The van der Waals surface area contributed by atoms with Crippen LogP contribution in [0.25, 0.3) is 0 Å². The van der Waals surface area contributed by atoms with Crippen LogP contribution in [0.5, 0.6) is 11.5 Å². The van der Waals surface area contributed by atoms with Crippen LogP contribution in [0.2, 0.25) is 0 Å². The number of carbonyl (C=O) groups excluding carboxylic acids is 1. The van der Waals surface area contributed by atoms with Crippen LogP contribution in [-0.2, 0) is 6.42 Å². The average Bonchev–Trinajstić information content (AvgIpc) is 3.09. The zero-order valence-electron chi connectivity index (χ0n) is 14.8. The minimum atomic E-state index is -0.425. The van der Waals surface area contributed by atoms with Crippen LogP contribution in [0.1, 0.15) is 27.4 Å². The first-order chi connectivity index (χ1) is 12.6. The first-order valence-corrected chi connectivity index (χ1v) is 8.01. The Morgan fingerprint density at radius 3 is 2.54 bits per heavy atom. The van der Waals surface area contributed by atoms with E-state index in [9.17, 15) is 4.79 Å². The third kappa shape index (κ3) is 3.83. The van der Waals surface area contributed by atoms with Gasteiger partial charge in [-0.1, -0.05) is 41.0 Å². The fraction of sp³-hybridized carbons (Fsp3) is 0.211. The number of hydrogen-bond donors (Lipinski definition) is 1. The number of nitrogens with zero attached hydrogens (tertiary/aromatic N) is 2. The smallest absolute Gasteiger partial charge is 0.322 e. The molecule has 0 aliphatic heterocycles. The van der Waals surface area contributed by atoms with Crippen molar-refractivity contribution in [3.8, 4) is 11.5 Å². The van der Waals surface area contributed by atoms with Gasteiger partial charge in [-0.05, 0) is 24.6 Å². The molecule has 1 N–H and O–H groups in total. The molecule has 3 aromatic rings. The van der Waals surface area contributed by atoms with Crippen LogP contribution >= 0.6 is 0 Å².